The lowest BCUT2D eigenvalue weighted by Crippen LogP contribution is -2.55. The number of nitrogens with one attached hydrogen (secondary N) is 2. The Morgan fingerprint density at radius 3 is 2.21 bits per heavy atom. The minimum atomic E-state index is -0.958. The second-order valence-electron chi connectivity index (χ2n) is 9.91. The first kappa shape index (κ1) is 28.3. The average Bonchev–Trinajstić information content (AvgIpc) is 2.66. The fourth-order valence-corrected chi connectivity index (χ4v) is 3.35. The van der Waals surface area contributed by atoms with Gasteiger partial charge in [-0.1, -0.05) is 39.3 Å². The lowest BCUT2D eigenvalue weighted by atomic mass is 9.98. The van der Waals surface area contributed by atoms with E-state index < -0.39 is 23.8 Å². The first-order valence-corrected chi connectivity index (χ1v) is 11.7. The first-order chi connectivity index (χ1) is 15.3. The summed E-state index contributed by atoms with van der Waals surface area (Å²) < 4.78 is 5.36. The number of rotatable bonds is 10. The number of benzene rings is 1. The van der Waals surface area contributed by atoms with Crippen molar-refractivity contribution in [3.05, 3.63) is 29.8 Å². The van der Waals surface area contributed by atoms with Gasteiger partial charge >= 0.3 is 6.09 Å². The quantitative estimate of drug-likeness (QED) is 0.483. The van der Waals surface area contributed by atoms with Gasteiger partial charge < -0.3 is 25.4 Å². The Kier molecular flexibility index (Phi) is 10.7. The van der Waals surface area contributed by atoms with Gasteiger partial charge in [0.2, 0.25) is 11.8 Å². The molecule has 33 heavy (non-hydrogen) atoms. The molecular weight excluding hydrogens is 422 g/mol. The highest BCUT2D eigenvalue weighted by Gasteiger charge is 2.37. The van der Waals surface area contributed by atoms with Gasteiger partial charge in [0.25, 0.3) is 0 Å². The molecule has 0 heterocycles. The highest BCUT2D eigenvalue weighted by molar-refractivity contribution is 5.92. The van der Waals surface area contributed by atoms with Gasteiger partial charge in [0.15, 0.2) is 0 Å². The SMILES string of the molecule is CCCCN(C(=O)C(NC(=O)OC(C)(C)C)C(C)C)C(C(=O)NC(C)C)c1cccc(O)c1. The number of phenols is 1. The van der Waals surface area contributed by atoms with Gasteiger partial charge in [-0.3, -0.25) is 9.59 Å². The van der Waals surface area contributed by atoms with Crippen molar-refractivity contribution in [2.75, 3.05) is 6.54 Å². The van der Waals surface area contributed by atoms with E-state index in [0.717, 1.165) is 6.42 Å². The molecule has 3 amide bonds. The number of ether oxygens (including phenoxy) is 1. The third-order valence-electron chi connectivity index (χ3n) is 4.82. The number of unbranched alkanes of at least 4 members (excludes halogenated alkanes) is 1. The molecule has 0 saturated heterocycles. The summed E-state index contributed by atoms with van der Waals surface area (Å²) in [5.41, 5.74) is -0.213. The van der Waals surface area contributed by atoms with Gasteiger partial charge in [-0.15, -0.1) is 0 Å². The van der Waals surface area contributed by atoms with E-state index >= 15 is 0 Å². The zero-order chi connectivity index (χ0) is 25.3. The maximum Gasteiger partial charge on any atom is 0.408 e. The molecule has 0 aliphatic heterocycles. The predicted molar refractivity (Wildman–Crippen MR) is 129 cm³/mol. The summed E-state index contributed by atoms with van der Waals surface area (Å²) >= 11 is 0. The summed E-state index contributed by atoms with van der Waals surface area (Å²) in [5, 5.41) is 15.6. The molecule has 8 heteroatoms. The van der Waals surface area contributed by atoms with Crippen molar-refractivity contribution in [2.45, 2.75) is 92.0 Å². The molecule has 0 aromatic heterocycles. The van der Waals surface area contributed by atoms with Crippen LogP contribution in [0.25, 0.3) is 0 Å². The van der Waals surface area contributed by atoms with Crippen LogP contribution in [0.15, 0.2) is 24.3 Å². The summed E-state index contributed by atoms with van der Waals surface area (Å²) in [5.74, 6) is -0.964. The van der Waals surface area contributed by atoms with E-state index in [-0.39, 0.29) is 29.5 Å². The lowest BCUT2D eigenvalue weighted by molar-refractivity contribution is -0.143. The van der Waals surface area contributed by atoms with Crippen LogP contribution in [0.1, 0.15) is 79.8 Å². The summed E-state index contributed by atoms with van der Waals surface area (Å²) in [6.07, 6.45) is 0.798. The van der Waals surface area contributed by atoms with Crippen LogP contribution in [0.4, 0.5) is 4.79 Å². The fourth-order valence-electron chi connectivity index (χ4n) is 3.35. The van der Waals surface area contributed by atoms with E-state index in [1.807, 2.05) is 34.6 Å². The molecule has 8 nitrogen and oxygen atoms in total. The molecule has 1 aromatic rings. The van der Waals surface area contributed by atoms with Crippen molar-refractivity contribution in [1.29, 1.82) is 0 Å². The third-order valence-corrected chi connectivity index (χ3v) is 4.82. The molecule has 0 aliphatic rings. The lowest BCUT2D eigenvalue weighted by Gasteiger charge is -2.36. The summed E-state index contributed by atoms with van der Waals surface area (Å²) in [6, 6.07) is 4.37. The molecule has 0 spiro atoms. The normalized spacial score (nSPS) is 13.4. The highest BCUT2D eigenvalue weighted by Crippen LogP contribution is 2.27. The third kappa shape index (κ3) is 9.32. The smallest absolute Gasteiger partial charge is 0.408 e. The second-order valence-corrected chi connectivity index (χ2v) is 9.91. The predicted octanol–water partition coefficient (Wildman–Crippen LogP) is 4.14. The topological polar surface area (TPSA) is 108 Å². The van der Waals surface area contributed by atoms with Crippen molar-refractivity contribution in [3.63, 3.8) is 0 Å². The Balaban J connectivity index is 3.42. The van der Waals surface area contributed by atoms with Crippen LogP contribution in [0, 0.1) is 5.92 Å². The Bertz CT molecular complexity index is 801. The van der Waals surface area contributed by atoms with Crippen molar-refractivity contribution in [1.82, 2.24) is 15.5 Å². The minimum absolute atomic E-state index is 0.00465. The Morgan fingerprint density at radius 1 is 1.09 bits per heavy atom. The van der Waals surface area contributed by atoms with Crippen LogP contribution in [-0.2, 0) is 14.3 Å². The molecule has 186 valence electrons. The summed E-state index contributed by atoms with van der Waals surface area (Å²) in [4.78, 5) is 41.0. The number of nitrogens with zero attached hydrogens (tertiary/aromatic N) is 1. The molecule has 1 rings (SSSR count). The first-order valence-electron chi connectivity index (χ1n) is 11.7. The number of hydrogen-bond donors (Lipinski definition) is 3. The van der Waals surface area contributed by atoms with E-state index in [1.54, 1.807) is 32.9 Å². The molecule has 0 aliphatic carbocycles. The van der Waals surface area contributed by atoms with Crippen molar-refractivity contribution < 1.29 is 24.2 Å². The molecule has 2 unspecified atom stereocenters. The fraction of sp³-hybridized carbons (Fsp3) is 0.640. The highest BCUT2D eigenvalue weighted by atomic mass is 16.6. The van der Waals surface area contributed by atoms with Gasteiger partial charge in [-0.2, -0.15) is 0 Å². The van der Waals surface area contributed by atoms with Crippen molar-refractivity contribution >= 4 is 17.9 Å². The number of phenolic OH excluding ortho intramolecular Hbond substituents is 1. The van der Waals surface area contributed by atoms with Crippen molar-refractivity contribution in [3.8, 4) is 5.75 Å². The molecule has 2 atom stereocenters. The van der Waals surface area contributed by atoms with E-state index in [0.29, 0.717) is 18.5 Å². The van der Waals surface area contributed by atoms with E-state index in [9.17, 15) is 19.5 Å². The minimum Gasteiger partial charge on any atom is -0.508 e. The monoisotopic (exact) mass is 463 g/mol. The molecule has 0 saturated carbocycles. The maximum atomic E-state index is 13.8. The number of carbonyl (C=O) groups is 3. The molecule has 3 N–H and O–H groups in total. The summed E-state index contributed by atoms with van der Waals surface area (Å²) in [7, 11) is 0. The van der Waals surface area contributed by atoms with Crippen molar-refractivity contribution in [2.24, 2.45) is 5.92 Å². The van der Waals surface area contributed by atoms with Crippen LogP contribution in [0.5, 0.6) is 5.75 Å². The van der Waals surface area contributed by atoms with Gasteiger partial charge in [-0.25, -0.2) is 4.79 Å². The standard InChI is InChI=1S/C25H41N3O5/c1-9-10-14-28(23(31)20(16(2)3)27-24(32)33-25(6,7)8)21(22(30)26-17(4)5)18-12-11-13-19(29)15-18/h11-13,15-17,20-21,29H,9-10,14H2,1-8H3,(H,26,30)(H,27,32). The number of carbonyl (C=O) groups excluding carboxylic acids is 3. The van der Waals surface area contributed by atoms with Crippen LogP contribution in [-0.4, -0.2) is 52.1 Å². The largest absolute Gasteiger partial charge is 0.508 e. The van der Waals surface area contributed by atoms with Gasteiger partial charge in [0.05, 0.1) is 0 Å². The summed E-state index contributed by atoms with van der Waals surface area (Å²) in [6.45, 7) is 14.9. The molecule has 0 fully saturated rings. The van der Waals surface area contributed by atoms with Gasteiger partial charge in [0, 0.05) is 12.6 Å². The van der Waals surface area contributed by atoms with E-state index in [2.05, 4.69) is 10.6 Å². The second kappa shape index (κ2) is 12.5. The number of aromatic hydroxyl groups is 1. The number of hydrogen-bond acceptors (Lipinski definition) is 5. The molecule has 1 aromatic carbocycles. The van der Waals surface area contributed by atoms with E-state index in [1.165, 1.54) is 17.0 Å². The Morgan fingerprint density at radius 2 is 1.73 bits per heavy atom. The molecule has 0 radical (unpaired) electrons. The average molecular weight is 464 g/mol. The maximum absolute atomic E-state index is 13.8. The van der Waals surface area contributed by atoms with Crippen LogP contribution in [0.3, 0.4) is 0 Å². The Labute approximate surface area is 198 Å². The zero-order valence-electron chi connectivity index (χ0n) is 21.3. The van der Waals surface area contributed by atoms with Gasteiger partial charge in [-0.05, 0) is 64.7 Å². The van der Waals surface area contributed by atoms with Crippen LogP contribution < -0.4 is 10.6 Å². The van der Waals surface area contributed by atoms with Gasteiger partial charge in [0.1, 0.15) is 23.4 Å². The van der Waals surface area contributed by atoms with E-state index in [4.69, 9.17) is 4.74 Å². The number of alkyl carbamates (subject to hydrolysis) is 1. The zero-order valence-corrected chi connectivity index (χ0v) is 21.3. The number of amides is 3. The van der Waals surface area contributed by atoms with Crippen LogP contribution in [0.2, 0.25) is 0 Å². The Hall–Kier alpha value is -2.77. The molecule has 0 bridgehead atoms. The van der Waals surface area contributed by atoms with Crippen LogP contribution >= 0.6 is 0 Å². The molecular formula is C25H41N3O5.